The third-order valence-corrected chi connectivity index (χ3v) is 6.64. The number of hydrogen-bond donors (Lipinski definition) is 0. The minimum absolute atomic E-state index is 0.00264. The van der Waals surface area contributed by atoms with Gasteiger partial charge in [0.25, 0.3) is 5.91 Å². The van der Waals surface area contributed by atoms with Crippen LogP contribution in [0.5, 0.6) is 11.6 Å². The van der Waals surface area contributed by atoms with Crippen molar-refractivity contribution in [3.05, 3.63) is 93.0 Å². The molecule has 33 heavy (non-hydrogen) atoms. The highest BCUT2D eigenvalue weighted by molar-refractivity contribution is 7.12. The molecule has 2 heterocycles. The summed E-state index contributed by atoms with van der Waals surface area (Å²) in [6.45, 7) is 2.24. The first-order chi connectivity index (χ1) is 16.0. The standard InChI is InChI=1S/C25H21ClFN3O2S/c1-16-22(15-29(19-11-12-19)24(31)23-6-3-13-33-23)25(32-21-5-2-4-18(27)14-21)30(28-16)20-9-7-17(26)8-10-20/h2-10,13-14,19H,11-12,15H2,1H3. The van der Waals surface area contributed by atoms with Gasteiger partial charge in [-0.1, -0.05) is 23.7 Å². The van der Waals surface area contributed by atoms with E-state index in [1.807, 2.05) is 41.5 Å². The van der Waals surface area contributed by atoms with Crippen molar-refractivity contribution in [2.75, 3.05) is 0 Å². The number of carbonyl (C=O) groups excluding carboxylic acids is 1. The Labute approximate surface area is 200 Å². The van der Waals surface area contributed by atoms with Crippen molar-refractivity contribution in [3.8, 4) is 17.3 Å². The van der Waals surface area contributed by atoms with E-state index in [0.29, 0.717) is 28.1 Å². The molecule has 2 aromatic heterocycles. The van der Waals surface area contributed by atoms with Gasteiger partial charge in [-0.05, 0) is 67.6 Å². The van der Waals surface area contributed by atoms with Crippen molar-refractivity contribution in [3.63, 3.8) is 0 Å². The van der Waals surface area contributed by atoms with E-state index >= 15 is 0 Å². The zero-order valence-corrected chi connectivity index (χ0v) is 19.4. The lowest BCUT2D eigenvalue weighted by Crippen LogP contribution is -2.32. The second kappa shape index (κ2) is 9.00. The van der Waals surface area contributed by atoms with E-state index in [-0.39, 0.29) is 11.9 Å². The molecule has 0 N–H and O–H groups in total. The lowest BCUT2D eigenvalue weighted by Gasteiger charge is -2.22. The number of hydrogen-bond acceptors (Lipinski definition) is 4. The molecule has 8 heteroatoms. The molecule has 0 radical (unpaired) electrons. The summed E-state index contributed by atoms with van der Waals surface area (Å²) in [6.07, 6.45) is 1.95. The van der Waals surface area contributed by atoms with Crippen molar-refractivity contribution in [2.45, 2.75) is 32.4 Å². The Morgan fingerprint density at radius 3 is 2.67 bits per heavy atom. The van der Waals surface area contributed by atoms with E-state index < -0.39 is 5.82 Å². The van der Waals surface area contributed by atoms with E-state index in [4.69, 9.17) is 21.4 Å². The van der Waals surface area contributed by atoms with Gasteiger partial charge in [0.1, 0.15) is 11.6 Å². The molecule has 1 amide bonds. The van der Waals surface area contributed by atoms with Crippen LogP contribution in [0, 0.1) is 12.7 Å². The molecule has 0 spiro atoms. The average Bonchev–Trinajstić information content (AvgIpc) is 3.39. The lowest BCUT2D eigenvalue weighted by atomic mass is 10.2. The van der Waals surface area contributed by atoms with E-state index in [0.717, 1.165) is 29.8 Å². The third-order valence-electron chi connectivity index (χ3n) is 5.53. The minimum Gasteiger partial charge on any atom is -0.438 e. The smallest absolute Gasteiger partial charge is 0.264 e. The van der Waals surface area contributed by atoms with Gasteiger partial charge >= 0.3 is 0 Å². The van der Waals surface area contributed by atoms with Crippen molar-refractivity contribution in [1.82, 2.24) is 14.7 Å². The van der Waals surface area contributed by atoms with Gasteiger partial charge in [0.05, 0.1) is 28.4 Å². The molecule has 1 aliphatic carbocycles. The maximum atomic E-state index is 13.9. The Morgan fingerprint density at radius 2 is 2.00 bits per heavy atom. The molecule has 0 bridgehead atoms. The van der Waals surface area contributed by atoms with E-state index in [1.54, 1.807) is 28.9 Å². The van der Waals surface area contributed by atoms with Gasteiger partial charge in [-0.25, -0.2) is 9.07 Å². The van der Waals surface area contributed by atoms with Crippen molar-refractivity contribution < 1.29 is 13.9 Å². The predicted octanol–water partition coefficient (Wildman–Crippen LogP) is 6.63. The summed E-state index contributed by atoms with van der Waals surface area (Å²) in [5, 5.41) is 7.22. The number of nitrogens with zero attached hydrogens (tertiary/aromatic N) is 3. The number of carbonyl (C=O) groups is 1. The van der Waals surface area contributed by atoms with Crippen LogP contribution in [0.15, 0.2) is 66.0 Å². The molecule has 5 nitrogen and oxygen atoms in total. The number of ether oxygens (including phenoxy) is 1. The van der Waals surface area contributed by atoms with Crippen LogP contribution in [0.3, 0.4) is 0 Å². The highest BCUT2D eigenvalue weighted by Gasteiger charge is 2.35. The third kappa shape index (κ3) is 4.65. The van der Waals surface area contributed by atoms with Crippen LogP contribution in [-0.2, 0) is 6.54 Å². The first-order valence-electron chi connectivity index (χ1n) is 10.6. The molecular weight excluding hydrogens is 461 g/mol. The molecule has 0 saturated heterocycles. The summed E-state index contributed by atoms with van der Waals surface area (Å²) in [7, 11) is 0. The monoisotopic (exact) mass is 481 g/mol. The fourth-order valence-corrected chi connectivity index (χ4v) is 4.49. The molecule has 1 aliphatic rings. The Hall–Kier alpha value is -3.16. The number of aromatic nitrogens is 2. The second-order valence-electron chi connectivity index (χ2n) is 7.96. The SMILES string of the molecule is Cc1nn(-c2ccc(Cl)cc2)c(Oc2cccc(F)c2)c1CN(C(=O)c1cccs1)C1CC1. The first kappa shape index (κ1) is 21.7. The summed E-state index contributed by atoms with van der Waals surface area (Å²) in [4.78, 5) is 15.8. The molecule has 5 rings (SSSR count). The molecule has 2 aromatic carbocycles. The van der Waals surface area contributed by atoms with Crippen LogP contribution in [0.4, 0.5) is 4.39 Å². The Kier molecular flexibility index (Phi) is 5.91. The number of aryl methyl sites for hydroxylation is 1. The highest BCUT2D eigenvalue weighted by Crippen LogP contribution is 2.36. The molecule has 1 fully saturated rings. The molecule has 0 atom stereocenters. The van der Waals surface area contributed by atoms with Gasteiger partial charge in [-0.3, -0.25) is 4.79 Å². The molecule has 0 aliphatic heterocycles. The van der Waals surface area contributed by atoms with Crippen LogP contribution >= 0.6 is 22.9 Å². The number of benzene rings is 2. The van der Waals surface area contributed by atoms with Gasteiger partial charge in [0.15, 0.2) is 0 Å². The summed E-state index contributed by atoms with van der Waals surface area (Å²) in [5.41, 5.74) is 2.27. The van der Waals surface area contributed by atoms with Gasteiger partial charge in [-0.15, -0.1) is 11.3 Å². The Bertz CT molecular complexity index is 1280. The lowest BCUT2D eigenvalue weighted by molar-refractivity contribution is 0.0733. The zero-order chi connectivity index (χ0) is 22.9. The van der Waals surface area contributed by atoms with E-state index in [2.05, 4.69) is 0 Å². The largest absolute Gasteiger partial charge is 0.438 e. The number of amides is 1. The van der Waals surface area contributed by atoms with Crippen LogP contribution < -0.4 is 4.74 Å². The summed E-state index contributed by atoms with van der Waals surface area (Å²) in [5.74, 6) is 0.414. The molecule has 1 saturated carbocycles. The minimum atomic E-state index is -0.393. The van der Waals surface area contributed by atoms with E-state index in [9.17, 15) is 9.18 Å². The van der Waals surface area contributed by atoms with Crippen LogP contribution in [0.1, 0.15) is 33.8 Å². The normalized spacial score (nSPS) is 13.2. The topological polar surface area (TPSA) is 47.4 Å². The van der Waals surface area contributed by atoms with Crippen LogP contribution in [-0.4, -0.2) is 26.6 Å². The van der Waals surface area contributed by atoms with Crippen molar-refractivity contribution >= 4 is 28.8 Å². The second-order valence-corrected chi connectivity index (χ2v) is 9.34. The first-order valence-corrected chi connectivity index (χ1v) is 11.9. The quantitative estimate of drug-likeness (QED) is 0.297. The van der Waals surface area contributed by atoms with E-state index in [1.165, 1.54) is 23.5 Å². The Balaban J connectivity index is 1.56. The molecule has 0 unspecified atom stereocenters. The van der Waals surface area contributed by atoms with Crippen LogP contribution in [0.25, 0.3) is 5.69 Å². The number of halogens is 2. The maximum Gasteiger partial charge on any atom is 0.264 e. The fourth-order valence-electron chi connectivity index (χ4n) is 3.69. The summed E-state index contributed by atoms with van der Waals surface area (Å²) in [6, 6.07) is 17.1. The van der Waals surface area contributed by atoms with Crippen molar-refractivity contribution in [1.29, 1.82) is 0 Å². The van der Waals surface area contributed by atoms with Crippen LogP contribution in [0.2, 0.25) is 5.02 Å². The zero-order valence-electron chi connectivity index (χ0n) is 17.9. The van der Waals surface area contributed by atoms with Gasteiger partial charge in [0.2, 0.25) is 5.88 Å². The Morgan fingerprint density at radius 1 is 1.21 bits per heavy atom. The average molecular weight is 482 g/mol. The fraction of sp³-hybridized carbons (Fsp3) is 0.200. The number of thiophene rings is 1. The highest BCUT2D eigenvalue weighted by atomic mass is 35.5. The summed E-state index contributed by atoms with van der Waals surface area (Å²) >= 11 is 7.50. The van der Waals surface area contributed by atoms with Crippen molar-refractivity contribution in [2.24, 2.45) is 0 Å². The molecular formula is C25H21ClFN3O2S. The van der Waals surface area contributed by atoms with Gasteiger partial charge in [0, 0.05) is 17.1 Å². The maximum absolute atomic E-state index is 13.9. The molecule has 4 aromatic rings. The number of rotatable bonds is 7. The van der Waals surface area contributed by atoms with Gasteiger partial charge < -0.3 is 9.64 Å². The predicted molar refractivity (Wildman–Crippen MR) is 127 cm³/mol. The summed E-state index contributed by atoms with van der Waals surface area (Å²) < 4.78 is 21.7. The van der Waals surface area contributed by atoms with Gasteiger partial charge in [-0.2, -0.15) is 5.10 Å². The molecule has 168 valence electrons.